The third-order valence-electron chi connectivity index (χ3n) is 3.61. The molecule has 4 heterocycles. The first-order chi connectivity index (χ1) is 10.3. The highest BCUT2D eigenvalue weighted by molar-refractivity contribution is 5.78. The van der Waals surface area contributed by atoms with Gasteiger partial charge in [0.2, 0.25) is 0 Å². The summed E-state index contributed by atoms with van der Waals surface area (Å²) in [4.78, 5) is 7.18. The Hall–Kier alpha value is -2.47. The summed E-state index contributed by atoms with van der Waals surface area (Å²) < 4.78 is 20.2. The fourth-order valence-corrected chi connectivity index (χ4v) is 2.36. The van der Waals surface area contributed by atoms with Gasteiger partial charge in [0.05, 0.1) is 31.1 Å². The van der Waals surface area contributed by atoms with Crippen molar-refractivity contribution in [3.63, 3.8) is 0 Å². The van der Waals surface area contributed by atoms with E-state index >= 15 is 0 Å². The van der Waals surface area contributed by atoms with E-state index in [1.54, 1.807) is 6.07 Å². The lowest BCUT2D eigenvalue weighted by Gasteiger charge is -2.25. The van der Waals surface area contributed by atoms with Gasteiger partial charge in [-0.25, -0.2) is 4.39 Å². The van der Waals surface area contributed by atoms with Crippen molar-refractivity contribution >= 4 is 0 Å². The van der Waals surface area contributed by atoms with Gasteiger partial charge in [-0.1, -0.05) is 0 Å². The van der Waals surface area contributed by atoms with Crippen molar-refractivity contribution in [3.05, 3.63) is 48.8 Å². The molecule has 6 heteroatoms. The van der Waals surface area contributed by atoms with Crippen molar-refractivity contribution in [1.82, 2.24) is 19.7 Å². The van der Waals surface area contributed by atoms with Gasteiger partial charge in [0.15, 0.2) is 0 Å². The molecule has 0 aromatic carbocycles. The van der Waals surface area contributed by atoms with Crippen molar-refractivity contribution in [2.75, 3.05) is 13.2 Å². The first kappa shape index (κ1) is 12.3. The van der Waals surface area contributed by atoms with Crippen LogP contribution in [0, 0.1) is 5.82 Å². The van der Waals surface area contributed by atoms with Gasteiger partial charge in [-0.15, -0.1) is 0 Å². The van der Waals surface area contributed by atoms with Gasteiger partial charge >= 0.3 is 0 Å². The van der Waals surface area contributed by atoms with E-state index in [0.717, 1.165) is 16.8 Å². The summed E-state index contributed by atoms with van der Waals surface area (Å²) in [6, 6.07) is 5.28. The van der Waals surface area contributed by atoms with E-state index in [2.05, 4.69) is 15.1 Å². The predicted molar refractivity (Wildman–Crippen MR) is 75.1 cm³/mol. The summed E-state index contributed by atoms with van der Waals surface area (Å²) in [6.07, 6.45) is 6.98. The maximum atomic E-state index is 13.1. The Morgan fingerprint density at radius 3 is 2.81 bits per heavy atom. The molecule has 0 radical (unpaired) electrons. The van der Waals surface area contributed by atoms with E-state index < -0.39 is 0 Å². The maximum Gasteiger partial charge on any atom is 0.141 e. The van der Waals surface area contributed by atoms with Gasteiger partial charge in [0.1, 0.15) is 11.5 Å². The second kappa shape index (κ2) is 4.82. The standard InChI is InChI=1S/C15H13FN4O/c16-11-1-2-14(18-6-11)15-13(10-3-4-17-5-10)7-20(19-15)12-8-21-9-12/h1-7,12,17H,8-9H2. The number of aromatic amines is 1. The Morgan fingerprint density at radius 2 is 2.19 bits per heavy atom. The second-order valence-electron chi connectivity index (χ2n) is 5.02. The lowest BCUT2D eigenvalue weighted by atomic mass is 10.1. The Balaban J connectivity index is 1.83. The van der Waals surface area contributed by atoms with Crippen LogP contribution in [0.1, 0.15) is 6.04 Å². The van der Waals surface area contributed by atoms with Crippen molar-refractivity contribution in [1.29, 1.82) is 0 Å². The van der Waals surface area contributed by atoms with Crippen LogP contribution in [0.4, 0.5) is 4.39 Å². The van der Waals surface area contributed by atoms with Crippen LogP contribution in [0.25, 0.3) is 22.5 Å². The van der Waals surface area contributed by atoms with E-state index in [4.69, 9.17) is 4.74 Å². The highest BCUT2D eigenvalue weighted by Crippen LogP contribution is 2.31. The Bertz CT molecular complexity index is 745. The van der Waals surface area contributed by atoms with E-state index in [1.807, 2.05) is 29.3 Å². The smallest absolute Gasteiger partial charge is 0.141 e. The first-order valence-corrected chi connectivity index (χ1v) is 6.73. The van der Waals surface area contributed by atoms with Crippen molar-refractivity contribution < 1.29 is 9.13 Å². The average Bonchev–Trinajstić information content (AvgIpc) is 3.06. The topological polar surface area (TPSA) is 55.7 Å². The van der Waals surface area contributed by atoms with Gasteiger partial charge < -0.3 is 9.72 Å². The van der Waals surface area contributed by atoms with Crippen LogP contribution in [-0.2, 0) is 4.74 Å². The number of nitrogens with zero attached hydrogens (tertiary/aromatic N) is 3. The third kappa shape index (κ3) is 2.13. The number of aromatic nitrogens is 4. The highest BCUT2D eigenvalue weighted by atomic mass is 19.1. The number of hydrogen-bond donors (Lipinski definition) is 1. The number of hydrogen-bond acceptors (Lipinski definition) is 3. The molecule has 0 bridgehead atoms. The molecule has 0 amide bonds. The predicted octanol–water partition coefficient (Wildman–Crippen LogP) is 2.65. The van der Waals surface area contributed by atoms with E-state index in [-0.39, 0.29) is 11.9 Å². The molecule has 1 saturated heterocycles. The molecule has 4 rings (SSSR count). The lowest BCUT2D eigenvalue weighted by Crippen LogP contribution is -2.30. The van der Waals surface area contributed by atoms with Gasteiger partial charge in [0.25, 0.3) is 0 Å². The van der Waals surface area contributed by atoms with Crippen molar-refractivity contribution in [3.8, 4) is 22.5 Å². The summed E-state index contributed by atoms with van der Waals surface area (Å²) in [5, 5.41) is 4.63. The Labute approximate surface area is 120 Å². The fourth-order valence-electron chi connectivity index (χ4n) is 2.36. The van der Waals surface area contributed by atoms with Gasteiger partial charge in [-0.3, -0.25) is 9.67 Å². The number of halogens is 1. The summed E-state index contributed by atoms with van der Waals surface area (Å²) in [5.74, 6) is -0.353. The van der Waals surface area contributed by atoms with Crippen LogP contribution in [-0.4, -0.2) is 33.0 Å². The molecule has 0 spiro atoms. The van der Waals surface area contributed by atoms with Gasteiger partial charge in [-0.05, 0) is 18.2 Å². The summed E-state index contributed by atoms with van der Waals surface area (Å²) in [5.41, 5.74) is 3.41. The third-order valence-corrected chi connectivity index (χ3v) is 3.61. The van der Waals surface area contributed by atoms with E-state index in [0.29, 0.717) is 18.9 Å². The van der Waals surface area contributed by atoms with Gasteiger partial charge in [0, 0.05) is 29.7 Å². The highest BCUT2D eigenvalue weighted by Gasteiger charge is 2.24. The molecule has 0 aliphatic carbocycles. The van der Waals surface area contributed by atoms with Crippen molar-refractivity contribution in [2.24, 2.45) is 0 Å². The van der Waals surface area contributed by atoms with E-state index in [1.165, 1.54) is 12.3 Å². The van der Waals surface area contributed by atoms with Crippen molar-refractivity contribution in [2.45, 2.75) is 6.04 Å². The normalized spacial score (nSPS) is 15.1. The number of nitrogens with one attached hydrogen (secondary N) is 1. The first-order valence-electron chi connectivity index (χ1n) is 6.73. The molecule has 1 aliphatic rings. The summed E-state index contributed by atoms with van der Waals surface area (Å²) in [7, 11) is 0. The van der Waals surface area contributed by atoms with Crippen LogP contribution in [0.5, 0.6) is 0 Å². The number of rotatable bonds is 3. The van der Waals surface area contributed by atoms with Crippen LogP contribution in [0.3, 0.4) is 0 Å². The zero-order valence-electron chi connectivity index (χ0n) is 11.2. The fraction of sp³-hybridized carbons (Fsp3) is 0.200. The minimum Gasteiger partial charge on any atom is -0.377 e. The summed E-state index contributed by atoms with van der Waals surface area (Å²) >= 11 is 0. The lowest BCUT2D eigenvalue weighted by molar-refractivity contribution is -0.0285. The molecule has 5 nitrogen and oxygen atoms in total. The Kier molecular flexibility index (Phi) is 2.82. The van der Waals surface area contributed by atoms with Crippen LogP contribution >= 0.6 is 0 Å². The average molecular weight is 284 g/mol. The van der Waals surface area contributed by atoms with Crippen LogP contribution in [0.2, 0.25) is 0 Å². The van der Waals surface area contributed by atoms with Crippen LogP contribution in [0.15, 0.2) is 43.0 Å². The zero-order chi connectivity index (χ0) is 14.2. The summed E-state index contributed by atoms with van der Waals surface area (Å²) in [6.45, 7) is 1.34. The number of H-pyrrole nitrogens is 1. The van der Waals surface area contributed by atoms with E-state index in [9.17, 15) is 4.39 Å². The minimum atomic E-state index is -0.353. The maximum absolute atomic E-state index is 13.1. The molecule has 1 N–H and O–H groups in total. The molecular weight excluding hydrogens is 271 g/mol. The quantitative estimate of drug-likeness (QED) is 0.804. The molecule has 0 saturated carbocycles. The minimum absolute atomic E-state index is 0.261. The number of ether oxygens (including phenoxy) is 1. The number of pyridine rings is 1. The largest absolute Gasteiger partial charge is 0.377 e. The molecule has 21 heavy (non-hydrogen) atoms. The van der Waals surface area contributed by atoms with Crippen LogP contribution < -0.4 is 0 Å². The molecule has 106 valence electrons. The monoisotopic (exact) mass is 284 g/mol. The molecule has 1 fully saturated rings. The molecule has 0 unspecified atom stereocenters. The molecule has 1 aliphatic heterocycles. The zero-order valence-corrected chi connectivity index (χ0v) is 11.2. The Morgan fingerprint density at radius 1 is 1.29 bits per heavy atom. The molecular formula is C15H13FN4O. The molecule has 0 atom stereocenters. The second-order valence-corrected chi connectivity index (χ2v) is 5.02. The molecule has 3 aromatic rings. The van der Waals surface area contributed by atoms with Gasteiger partial charge in [-0.2, -0.15) is 5.10 Å². The molecule has 3 aromatic heterocycles. The SMILES string of the molecule is Fc1ccc(-c2nn(C3COC3)cc2-c2cc[nH]c2)nc1.